The highest BCUT2D eigenvalue weighted by Crippen LogP contribution is 2.24. The van der Waals surface area contributed by atoms with E-state index in [2.05, 4.69) is 99.7 Å². The Kier molecular flexibility index (Phi) is 58.1. The van der Waals surface area contributed by atoms with Gasteiger partial charge in [0, 0.05) is 126 Å². The molecule has 4 heterocycles. The molecular weight excluding hydrogens is 1950 g/mol. The average molecular weight is 2100 g/mol. The van der Waals surface area contributed by atoms with E-state index >= 15 is 0 Å². The number of amides is 17. The highest BCUT2D eigenvalue weighted by Gasteiger charge is 2.43. The van der Waals surface area contributed by atoms with Gasteiger partial charge in [-0.1, -0.05) is 94.0 Å². The molecule has 0 unspecified atom stereocenters. The van der Waals surface area contributed by atoms with E-state index < -0.39 is 238 Å². The number of benzene rings is 2. The zero-order valence-corrected chi connectivity index (χ0v) is 84.3. The number of hydrogen-bond acceptors (Lipinski definition) is 29. The fourth-order valence-corrected chi connectivity index (χ4v) is 15.8. The number of aliphatic imine (C=N–C) groups is 1. The second-order valence-electron chi connectivity index (χ2n) is 35.9. The van der Waals surface area contributed by atoms with E-state index in [9.17, 15) is 121 Å². The van der Waals surface area contributed by atoms with Crippen molar-refractivity contribution in [1.29, 1.82) is 0 Å². The fourth-order valence-electron chi connectivity index (χ4n) is 15.8. The number of nitrogens with one attached hydrogen (secondary N) is 17. The number of nitrogens with two attached hydrogens (primary N) is 4. The fraction of sp³-hybridized carbons (Fsp3) is 0.594. The summed E-state index contributed by atoms with van der Waals surface area (Å²) < 4.78 is 10.6. The maximum absolute atomic E-state index is 14.4. The van der Waals surface area contributed by atoms with Crippen molar-refractivity contribution in [2.45, 2.75) is 260 Å². The average Bonchev–Trinajstić information content (AvgIpc) is 1.68. The molecule has 53 nitrogen and oxygen atoms in total. The smallest absolute Gasteiger partial charge is 0.317 e. The molecule has 6 rings (SSSR count). The van der Waals surface area contributed by atoms with Crippen LogP contribution in [0.5, 0.6) is 0 Å². The van der Waals surface area contributed by atoms with Crippen molar-refractivity contribution < 1.29 is 136 Å². The zero-order valence-electron chi connectivity index (χ0n) is 84.3. The number of Topliss-reactive ketones (excluding diaryl/α,β-unsaturated/α-hetero) is 1. The van der Waals surface area contributed by atoms with Gasteiger partial charge in [0.15, 0.2) is 11.7 Å². The number of unbranched alkanes of at least 4 members (excludes halogenated alkanes) is 7. The molecule has 2 aromatic heterocycles. The number of aromatic amines is 2. The Hall–Kier alpha value is -14.7. The maximum atomic E-state index is 14.4. The third kappa shape index (κ3) is 50.5. The number of hydrogen-bond donors (Lipinski definition) is 26. The predicted octanol–water partition coefficient (Wildman–Crippen LogP) is -6.18. The Bertz CT molecular complexity index is 5050. The molecule has 0 radical (unpaired) electrons. The van der Waals surface area contributed by atoms with E-state index in [4.69, 9.17) is 37.5 Å². The van der Waals surface area contributed by atoms with E-state index in [1.807, 2.05) is 31.2 Å². The first-order valence-corrected chi connectivity index (χ1v) is 49.7. The van der Waals surface area contributed by atoms with Crippen molar-refractivity contribution in [2.75, 3.05) is 106 Å². The molecule has 0 spiro atoms. The van der Waals surface area contributed by atoms with Crippen LogP contribution in [-0.2, 0) is 129 Å². The molecule has 4 aromatic rings. The van der Waals surface area contributed by atoms with Crippen molar-refractivity contribution in [3.63, 3.8) is 0 Å². The van der Waals surface area contributed by atoms with Crippen LogP contribution >= 0.6 is 0 Å². The second-order valence-corrected chi connectivity index (χ2v) is 35.9. The van der Waals surface area contributed by atoms with Gasteiger partial charge in [0.2, 0.25) is 100 Å². The lowest BCUT2D eigenvalue weighted by Gasteiger charge is -2.30. The number of aliphatic hydroxyl groups excluding tert-OH is 2. The number of aliphatic carboxylic acids is 3. The van der Waals surface area contributed by atoms with Gasteiger partial charge in [0.1, 0.15) is 61.0 Å². The minimum atomic E-state index is -1.74. The summed E-state index contributed by atoms with van der Waals surface area (Å²) in [5.74, 6) is -16.9. The zero-order chi connectivity index (χ0) is 110. The molecule has 0 saturated carbocycles. The lowest BCUT2D eigenvalue weighted by molar-refractivity contribution is -0.143. The molecule has 149 heavy (non-hydrogen) atoms. The predicted molar refractivity (Wildman–Crippen MR) is 536 cm³/mol. The van der Waals surface area contributed by atoms with E-state index in [-0.39, 0.29) is 152 Å². The Morgan fingerprint density at radius 2 is 1.17 bits per heavy atom. The van der Waals surface area contributed by atoms with Crippen LogP contribution in [0, 0.1) is 0 Å². The van der Waals surface area contributed by atoms with Crippen LogP contribution in [0.1, 0.15) is 185 Å². The van der Waals surface area contributed by atoms with Crippen molar-refractivity contribution in [3.8, 4) is 0 Å². The van der Waals surface area contributed by atoms with Gasteiger partial charge in [-0.25, -0.2) is 4.98 Å². The summed E-state index contributed by atoms with van der Waals surface area (Å²) in [6, 6.07) is 1.52. The second kappa shape index (κ2) is 69.4. The number of likely N-dealkylation sites (N-methyl/N-ethyl adjacent to an activating group) is 1. The molecule has 2 aromatic carbocycles. The molecular formula is C96H147N25O28. The number of H-pyrrole nitrogens is 2. The third-order valence-electron chi connectivity index (χ3n) is 23.7. The van der Waals surface area contributed by atoms with Gasteiger partial charge in [-0.3, -0.25) is 111 Å². The number of carboxylic acids is 3. The van der Waals surface area contributed by atoms with Crippen LogP contribution in [0.25, 0.3) is 10.9 Å². The summed E-state index contributed by atoms with van der Waals surface area (Å²) in [4.78, 5) is 287. The van der Waals surface area contributed by atoms with Crippen molar-refractivity contribution in [2.24, 2.45) is 27.9 Å². The Labute approximate surface area is 860 Å². The number of para-hydroxylation sites is 1. The number of ether oxygens (including phenoxy) is 2. The maximum Gasteiger partial charge on any atom is 0.317 e. The molecule has 12 atom stereocenters. The quantitative estimate of drug-likeness (QED) is 0.0111. The normalized spacial score (nSPS) is 17.9. The van der Waals surface area contributed by atoms with Crippen LogP contribution in [0.2, 0.25) is 0 Å². The van der Waals surface area contributed by atoms with Crippen molar-refractivity contribution in [1.82, 2.24) is 105 Å². The third-order valence-corrected chi connectivity index (χ3v) is 23.7. The summed E-state index contributed by atoms with van der Waals surface area (Å²) in [6.45, 7) is -1.24. The molecule has 2 saturated heterocycles. The number of guanidine groups is 1. The van der Waals surface area contributed by atoms with Gasteiger partial charge in [0.05, 0.1) is 77.1 Å². The topological polar surface area (TPSA) is 826 Å². The van der Waals surface area contributed by atoms with Crippen molar-refractivity contribution in [3.05, 3.63) is 90.1 Å². The van der Waals surface area contributed by atoms with Crippen molar-refractivity contribution >= 4 is 141 Å². The van der Waals surface area contributed by atoms with E-state index in [0.29, 0.717) is 69.0 Å². The standard InChI is InChI=1S/C53H87N13O20.C43H60N12O8/c1-3-4-13-36(34(2)68)62-52(83)39(26-58-45(73)28-66(29-48(77)78)30-49(79)80)65-51(82)38(24-35-25-55-33-60-35)64-50(81)37(17-18-41(54)69)63-53(84)40(31-67)61-44(72)27-59-46(74)32-86-23-22-85-21-20-57-43(71)15-11-12-19-56-42(70)14-9-7-5-6-8-10-16-47(75)76;1-47-32-16-17-36(57)48-18-8-7-14-30(37(44)58)51-40(61)34(21-26-23-50-29-13-6-5-12-28(26)29)53-38(59)31(15-9-19-49-43(45)46)52-39(60)33(20-25-10-3-2-4-11-25)54-41(62)35-22-27(56)24-55(35)42(32)63/h25,33,36-40,67H,3-24,26-32H2,1-2H3,(H2,54,69)(H,55,60)(H,56,70)(H,57,71)(H,58,73)(H,59,74)(H,61,72)(H,62,83)(H,63,84)(H,64,81)(H,65,82)(H,75,76)(H,77,78)(H,79,80);2-6,10-13,23,27,30-35,47,50,56H,7-9,14-22,24H2,1H3,(H2,44,58)(H,48,57)(H,51,61)(H,52,60)(H,53,59)(H,54,62)(H4,45,46,49)/t36-,37-,38-,39-,40-;27-,30+,31+,32+,33-,34+,35+/m01/s1. The van der Waals surface area contributed by atoms with E-state index in [0.717, 1.165) is 47.9 Å². The molecule has 0 bridgehead atoms. The molecule has 2 fully saturated rings. The number of rotatable bonds is 61. The van der Waals surface area contributed by atoms with E-state index in [1.54, 1.807) is 43.6 Å². The van der Waals surface area contributed by atoms with E-state index in [1.165, 1.54) is 24.3 Å². The number of imidazole rings is 1. The summed E-state index contributed by atoms with van der Waals surface area (Å²) in [6.07, 6.45) is 11.5. The molecule has 2 aliphatic rings. The van der Waals surface area contributed by atoms with Gasteiger partial charge >= 0.3 is 17.9 Å². The number of primary amides is 2. The lowest BCUT2D eigenvalue weighted by atomic mass is 10.0. The number of aromatic nitrogens is 3. The number of fused-ring (bicyclic) bond motifs is 2. The SMILES string of the molecule is CCCC[C@H](NC(=O)[C@H](CNC(=O)CN(CC(=O)O)CC(=O)O)NC(=O)[C@H](Cc1cnc[nH]1)NC(=O)[C@H](CCC(N)=O)NC(=O)[C@H](CO)NC(=O)CNC(=O)COCCOCCNC(=O)CCCCNC(=O)CCCCCCCCC(=O)O)C(C)=O.CN[C@H]1CCC(=O)NCCCC[C@@H](C(N)=O)NC(=O)[C@H](Cc2c[nH]c3ccccc23)NC(=O)[C@H](CCCN=C(N)N)NC(=O)[C@@H](Cc2ccccc2)NC(=O)[C@@H]2C[C@@H](O)CN2C1=O. The van der Waals surface area contributed by atoms with Gasteiger partial charge in [-0.2, -0.15) is 0 Å². The Morgan fingerprint density at radius 1 is 0.570 bits per heavy atom. The van der Waals surface area contributed by atoms with Crippen LogP contribution < -0.4 is 103 Å². The first-order chi connectivity index (χ1) is 71.2. The minimum absolute atomic E-state index is 0.00470. The van der Waals surface area contributed by atoms with Gasteiger partial charge in [-0.05, 0) is 108 Å². The number of carboxylic acid groups (broad SMARTS) is 3. The summed E-state index contributed by atoms with van der Waals surface area (Å²) in [7, 11) is 1.55. The van der Waals surface area contributed by atoms with Crippen LogP contribution in [0.4, 0.5) is 0 Å². The largest absolute Gasteiger partial charge is 0.481 e. The summed E-state index contributed by atoms with van der Waals surface area (Å²) in [5.41, 5.74) is 24.6. The molecule has 0 aliphatic carbocycles. The number of ketones is 1. The number of carbonyl (C=O) groups is 21. The van der Waals surface area contributed by atoms with Crippen LogP contribution in [0.3, 0.4) is 0 Å². The highest BCUT2D eigenvalue weighted by molar-refractivity contribution is 6.00. The lowest BCUT2D eigenvalue weighted by Crippen LogP contribution is -2.61. The number of nitrogens with zero attached hydrogens (tertiary/aromatic N) is 4. The summed E-state index contributed by atoms with van der Waals surface area (Å²) >= 11 is 0. The summed E-state index contributed by atoms with van der Waals surface area (Å²) in [5, 5.41) is 87.4. The monoisotopic (exact) mass is 2100 g/mol. The molecule has 30 N–H and O–H groups in total. The van der Waals surface area contributed by atoms with Gasteiger partial charge < -0.3 is 153 Å². The number of carbonyl (C=O) groups excluding carboxylic acids is 18. The molecule has 2 aliphatic heterocycles. The Morgan fingerprint density at radius 3 is 1.83 bits per heavy atom. The number of aliphatic hydroxyl groups is 2. The first kappa shape index (κ1) is 125. The first-order valence-electron chi connectivity index (χ1n) is 49.7. The van der Waals surface area contributed by atoms with Gasteiger partial charge in [0.25, 0.3) is 0 Å². The highest BCUT2D eigenvalue weighted by atomic mass is 16.5. The molecule has 824 valence electrons. The Balaban J connectivity index is 0.000000547. The van der Waals surface area contributed by atoms with Crippen LogP contribution in [-0.4, -0.2) is 358 Å². The minimum Gasteiger partial charge on any atom is -0.481 e. The molecule has 53 heteroatoms. The molecule has 17 amide bonds. The van der Waals surface area contributed by atoms with Crippen LogP contribution in [0.15, 0.2) is 78.3 Å². The van der Waals surface area contributed by atoms with Gasteiger partial charge in [-0.15, -0.1) is 0 Å².